The van der Waals surface area contributed by atoms with Crippen LogP contribution in [0.2, 0.25) is 0 Å². The summed E-state index contributed by atoms with van der Waals surface area (Å²) >= 11 is 0. The lowest BCUT2D eigenvalue weighted by atomic mass is 10.1. The van der Waals surface area contributed by atoms with Gasteiger partial charge >= 0.3 is 5.97 Å². The fourth-order valence-electron chi connectivity index (χ4n) is 2.53. The van der Waals surface area contributed by atoms with Gasteiger partial charge in [0, 0.05) is 0 Å². The van der Waals surface area contributed by atoms with E-state index in [1.54, 1.807) is 0 Å². The molecule has 0 heterocycles. The van der Waals surface area contributed by atoms with Gasteiger partial charge in [-0.1, -0.05) is 42.5 Å². The van der Waals surface area contributed by atoms with Gasteiger partial charge in [0.2, 0.25) is 0 Å². The summed E-state index contributed by atoms with van der Waals surface area (Å²) in [6.45, 7) is 0.564. The van der Waals surface area contributed by atoms with Gasteiger partial charge in [-0.3, -0.25) is 4.79 Å². The largest absolute Gasteiger partial charge is 0.489 e. The predicted molar refractivity (Wildman–Crippen MR) is 80.1 cm³/mol. The van der Waals surface area contributed by atoms with Crippen LogP contribution in [0, 0.1) is 5.92 Å². The minimum Gasteiger partial charge on any atom is -0.489 e. The predicted octanol–water partition coefficient (Wildman–Crippen LogP) is 3.54. The standard InChI is InChI=1S/C18H18O3/c1-20-18(19)17-11-16(17)14-7-9-15(10-8-14)21-12-13-5-3-2-4-6-13/h2-10,16-17H,11-12H2,1H3/t16-,17+/m0/s1. The van der Waals surface area contributed by atoms with Crippen LogP contribution in [0.4, 0.5) is 0 Å². The molecule has 1 aliphatic carbocycles. The van der Waals surface area contributed by atoms with Crippen LogP contribution in [0.5, 0.6) is 5.75 Å². The maximum absolute atomic E-state index is 11.4. The molecule has 0 saturated heterocycles. The summed E-state index contributed by atoms with van der Waals surface area (Å²) in [7, 11) is 1.44. The molecule has 21 heavy (non-hydrogen) atoms. The third-order valence-corrected chi connectivity index (χ3v) is 3.85. The van der Waals surface area contributed by atoms with Gasteiger partial charge in [-0.25, -0.2) is 0 Å². The van der Waals surface area contributed by atoms with Crippen molar-refractivity contribution >= 4 is 5.97 Å². The monoisotopic (exact) mass is 282 g/mol. The normalized spacial score (nSPS) is 19.9. The molecule has 2 aromatic carbocycles. The van der Waals surface area contributed by atoms with Gasteiger partial charge in [0.25, 0.3) is 0 Å². The van der Waals surface area contributed by atoms with Crippen molar-refractivity contribution in [3.63, 3.8) is 0 Å². The highest BCUT2D eigenvalue weighted by Gasteiger charge is 2.44. The number of esters is 1. The Labute approximate surface area is 124 Å². The van der Waals surface area contributed by atoms with E-state index in [1.807, 2.05) is 54.6 Å². The van der Waals surface area contributed by atoms with Crippen molar-refractivity contribution in [2.45, 2.75) is 18.9 Å². The molecule has 1 fully saturated rings. The molecule has 0 unspecified atom stereocenters. The molecule has 3 rings (SSSR count). The third-order valence-electron chi connectivity index (χ3n) is 3.85. The molecule has 0 radical (unpaired) electrons. The Morgan fingerprint density at radius 2 is 1.81 bits per heavy atom. The Hall–Kier alpha value is -2.29. The molecular formula is C18H18O3. The summed E-state index contributed by atoms with van der Waals surface area (Å²) in [6, 6.07) is 18.1. The number of carbonyl (C=O) groups is 1. The minimum atomic E-state index is -0.107. The zero-order valence-electron chi connectivity index (χ0n) is 12.0. The van der Waals surface area contributed by atoms with Crippen molar-refractivity contribution in [2.24, 2.45) is 5.92 Å². The highest BCUT2D eigenvalue weighted by atomic mass is 16.5. The van der Waals surface area contributed by atoms with E-state index >= 15 is 0 Å². The molecule has 2 aromatic rings. The van der Waals surface area contributed by atoms with Crippen molar-refractivity contribution in [2.75, 3.05) is 7.11 Å². The Balaban J connectivity index is 1.57. The molecule has 108 valence electrons. The molecule has 0 amide bonds. The fraction of sp³-hybridized carbons (Fsp3) is 0.278. The van der Waals surface area contributed by atoms with Crippen LogP contribution in [0.1, 0.15) is 23.5 Å². The van der Waals surface area contributed by atoms with Crippen LogP contribution in [-0.4, -0.2) is 13.1 Å². The molecule has 3 nitrogen and oxygen atoms in total. The summed E-state index contributed by atoms with van der Waals surface area (Å²) in [6.07, 6.45) is 0.886. The minimum absolute atomic E-state index is 0.0334. The van der Waals surface area contributed by atoms with Crippen LogP contribution >= 0.6 is 0 Å². The summed E-state index contributed by atoms with van der Waals surface area (Å²) < 4.78 is 10.5. The summed E-state index contributed by atoms with van der Waals surface area (Å²) in [4.78, 5) is 11.4. The first-order valence-electron chi connectivity index (χ1n) is 7.12. The zero-order valence-corrected chi connectivity index (χ0v) is 12.0. The van der Waals surface area contributed by atoms with Crippen molar-refractivity contribution in [1.29, 1.82) is 0 Å². The van der Waals surface area contributed by atoms with Crippen molar-refractivity contribution < 1.29 is 14.3 Å². The second-order valence-corrected chi connectivity index (χ2v) is 5.32. The highest BCUT2D eigenvalue weighted by molar-refractivity contribution is 5.77. The highest BCUT2D eigenvalue weighted by Crippen LogP contribution is 2.48. The number of hydrogen-bond acceptors (Lipinski definition) is 3. The first-order valence-corrected chi connectivity index (χ1v) is 7.12. The van der Waals surface area contributed by atoms with Gasteiger partial charge in [-0.05, 0) is 35.6 Å². The maximum atomic E-state index is 11.4. The van der Waals surface area contributed by atoms with E-state index < -0.39 is 0 Å². The average Bonchev–Trinajstić information content (AvgIpc) is 3.34. The van der Waals surface area contributed by atoms with E-state index in [0.29, 0.717) is 12.5 Å². The second-order valence-electron chi connectivity index (χ2n) is 5.32. The van der Waals surface area contributed by atoms with E-state index in [4.69, 9.17) is 9.47 Å². The van der Waals surface area contributed by atoms with E-state index in [9.17, 15) is 4.79 Å². The summed E-state index contributed by atoms with van der Waals surface area (Å²) in [5.74, 6) is 1.08. The number of carbonyl (C=O) groups excluding carboxylic acids is 1. The van der Waals surface area contributed by atoms with Crippen LogP contribution in [-0.2, 0) is 16.1 Å². The number of ether oxygens (including phenoxy) is 2. The Bertz CT molecular complexity index is 604. The van der Waals surface area contributed by atoms with E-state index in [0.717, 1.165) is 17.7 Å². The zero-order chi connectivity index (χ0) is 14.7. The number of methoxy groups -OCH3 is 1. The molecule has 0 bridgehead atoms. The van der Waals surface area contributed by atoms with Gasteiger partial charge in [-0.15, -0.1) is 0 Å². The van der Waals surface area contributed by atoms with Crippen LogP contribution in [0.15, 0.2) is 54.6 Å². The van der Waals surface area contributed by atoms with Crippen LogP contribution in [0.3, 0.4) is 0 Å². The SMILES string of the molecule is COC(=O)[C@@H]1C[C@H]1c1ccc(OCc2ccccc2)cc1. The van der Waals surface area contributed by atoms with E-state index in [2.05, 4.69) is 0 Å². The smallest absolute Gasteiger partial charge is 0.309 e. The molecular weight excluding hydrogens is 264 g/mol. The number of rotatable bonds is 5. The number of hydrogen-bond donors (Lipinski definition) is 0. The van der Waals surface area contributed by atoms with Gasteiger partial charge < -0.3 is 9.47 Å². The molecule has 0 aliphatic heterocycles. The first kappa shape index (κ1) is 13.7. The molecule has 0 spiro atoms. The fourth-order valence-corrected chi connectivity index (χ4v) is 2.53. The van der Waals surface area contributed by atoms with E-state index in [-0.39, 0.29) is 11.9 Å². The van der Waals surface area contributed by atoms with Crippen LogP contribution < -0.4 is 4.74 Å². The second kappa shape index (κ2) is 6.00. The maximum Gasteiger partial charge on any atom is 0.309 e. The lowest BCUT2D eigenvalue weighted by Crippen LogP contribution is -2.03. The number of benzene rings is 2. The molecule has 1 saturated carbocycles. The lowest BCUT2D eigenvalue weighted by Gasteiger charge is -2.07. The van der Waals surface area contributed by atoms with Crippen molar-refractivity contribution in [3.05, 3.63) is 65.7 Å². The average molecular weight is 282 g/mol. The molecule has 3 heteroatoms. The first-order chi connectivity index (χ1) is 10.3. The van der Waals surface area contributed by atoms with Crippen LogP contribution in [0.25, 0.3) is 0 Å². The van der Waals surface area contributed by atoms with Crippen molar-refractivity contribution in [1.82, 2.24) is 0 Å². The summed E-state index contributed by atoms with van der Waals surface area (Å²) in [5.41, 5.74) is 2.33. The molecule has 2 atom stereocenters. The van der Waals surface area contributed by atoms with Gasteiger partial charge in [0.05, 0.1) is 13.0 Å². The Morgan fingerprint density at radius 1 is 1.10 bits per heavy atom. The van der Waals surface area contributed by atoms with Gasteiger partial charge in [0.15, 0.2) is 0 Å². The molecule has 1 aliphatic rings. The topological polar surface area (TPSA) is 35.5 Å². The van der Waals surface area contributed by atoms with Gasteiger partial charge in [0.1, 0.15) is 12.4 Å². The molecule has 0 aromatic heterocycles. The Kier molecular flexibility index (Phi) is 3.91. The quantitative estimate of drug-likeness (QED) is 0.787. The Morgan fingerprint density at radius 3 is 2.48 bits per heavy atom. The summed E-state index contributed by atoms with van der Waals surface area (Å²) in [5, 5.41) is 0. The van der Waals surface area contributed by atoms with E-state index in [1.165, 1.54) is 12.7 Å². The third kappa shape index (κ3) is 3.24. The van der Waals surface area contributed by atoms with Gasteiger partial charge in [-0.2, -0.15) is 0 Å². The lowest BCUT2D eigenvalue weighted by molar-refractivity contribution is -0.142. The van der Waals surface area contributed by atoms with Crippen molar-refractivity contribution in [3.8, 4) is 5.75 Å². The molecule has 0 N–H and O–H groups in total.